The molecular formula is C36H49N5O7. The smallest absolute Gasteiger partial charge is 0.408 e. The average Bonchev–Trinajstić information content (AvgIpc) is 3.44. The minimum Gasteiger partial charge on any atom is -0.464 e. The molecule has 4 N–H and O–H groups in total. The van der Waals surface area contributed by atoms with Gasteiger partial charge in [0.2, 0.25) is 17.7 Å². The maximum atomic E-state index is 14.4. The predicted octanol–water partition coefficient (Wildman–Crippen LogP) is 3.21. The molecule has 0 bridgehead atoms. The first-order valence-electron chi connectivity index (χ1n) is 16.7. The Hall–Kier alpha value is -4.45. The monoisotopic (exact) mass is 663 g/mol. The third kappa shape index (κ3) is 9.56. The number of carbonyl (C=O) groups is 5. The molecule has 12 nitrogen and oxygen atoms in total. The van der Waals surface area contributed by atoms with Crippen molar-refractivity contribution in [2.75, 3.05) is 20.2 Å². The van der Waals surface area contributed by atoms with Crippen molar-refractivity contribution in [1.82, 2.24) is 26.2 Å². The zero-order valence-electron chi connectivity index (χ0n) is 28.5. The lowest BCUT2D eigenvalue weighted by atomic mass is 9.93. The molecule has 4 rings (SSSR count). The molecule has 4 amide bonds. The molecule has 0 aliphatic carbocycles. The molecule has 0 aromatic heterocycles. The summed E-state index contributed by atoms with van der Waals surface area (Å²) in [7, 11) is 1.67. The molecule has 2 saturated heterocycles. The second kappa shape index (κ2) is 16.6. The zero-order valence-corrected chi connectivity index (χ0v) is 28.5. The minimum absolute atomic E-state index is 0.149. The van der Waals surface area contributed by atoms with Crippen molar-refractivity contribution in [3.63, 3.8) is 0 Å². The van der Waals surface area contributed by atoms with Crippen LogP contribution in [0.4, 0.5) is 4.79 Å². The molecule has 0 radical (unpaired) electrons. The lowest BCUT2D eigenvalue weighted by Crippen LogP contribution is -2.58. The number of rotatable bonds is 12. The van der Waals surface area contributed by atoms with Crippen molar-refractivity contribution in [3.8, 4) is 0 Å². The van der Waals surface area contributed by atoms with Gasteiger partial charge in [0, 0.05) is 12.0 Å². The number of alkyl carbamates (subject to hydrolysis) is 1. The first-order chi connectivity index (χ1) is 22.9. The normalized spacial score (nSPS) is 21.5. The van der Waals surface area contributed by atoms with Crippen LogP contribution in [-0.4, -0.2) is 84.7 Å². The van der Waals surface area contributed by atoms with E-state index >= 15 is 0 Å². The molecule has 2 aromatic rings. The Kier molecular flexibility index (Phi) is 12.6. The van der Waals surface area contributed by atoms with Crippen molar-refractivity contribution >= 4 is 29.8 Å². The van der Waals surface area contributed by atoms with Gasteiger partial charge in [-0.25, -0.2) is 4.79 Å². The van der Waals surface area contributed by atoms with E-state index in [0.717, 1.165) is 11.1 Å². The first-order valence-corrected chi connectivity index (χ1v) is 16.7. The molecule has 5 atom stereocenters. The van der Waals surface area contributed by atoms with E-state index in [-0.39, 0.29) is 30.4 Å². The van der Waals surface area contributed by atoms with E-state index in [0.29, 0.717) is 32.1 Å². The number of likely N-dealkylation sites (N-methyl/N-ethyl adjacent to an activating group) is 1. The third-order valence-corrected chi connectivity index (χ3v) is 8.83. The number of carbonyl (C=O) groups excluding carboxylic acids is 5. The van der Waals surface area contributed by atoms with E-state index in [4.69, 9.17) is 9.47 Å². The number of nitrogens with one attached hydrogen (secondary N) is 4. The van der Waals surface area contributed by atoms with E-state index < -0.39 is 54.3 Å². The summed E-state index contributed by atoms with van der Waals surface area (Å²) in [5.41, 5.74) is 1.11. The van der Waals surface area contributed by atoms with Gasteiger partial charge in [-0.3, -0.25) is 19.2 Å². The molecule has 0 saturated carbocycles. The maximum absolute atomic E-state index is 14.4. The molecule has 0 unspecified atom stereocenters. The lowest BCUT2D eigenvalue weighted by molar-refractivity contribution is -0.148. The number of fused-ring (bicyclic) bond motifs is 1. The highest BCUT2D eigenvalue weighted by atomic mass is 16.6. The Bertz CT molecular complexity index is 1370. The Morgan fingerprint density at radius 1 is 0.917 bits per heavy atom. The summed E-state index contributed by atoms with van der Waals surface area (Å²) in [5.74, 6) is -2.24. The van der Waals surface area contributed by atoms with Crippen molar-refractivity contribution < 1.29 is 33.4 Å². The van der Waals surface area contributed by atoms with Gasteiger partial charge in [-0.15, -0.1) is 0 Å². The fourth-order valence-electron chi connectivity index (χ4n) is 6.42. The van der Waals surface area contributed by atoms with E-state index in [1.54, 1.807) is 32.7 Å². The number of nitrogens with zero attached hydrogens (tertiary/aromatic N) is 1. The molecular weight excluding hydrogens is 614 g/mol. The Balaban J connectivity index is 1.52. The topological polar surface area (TPSA) is 155 Å². The quantitative estimate of drug-likeness (QED) is 0.253. The van der Waals surface area contributed by atoms with Gasteiger partial charge in [-0.1, -0.05) is 67.6 Å². The highest BCUT2D eigenvalue weighted by molar-refractivity contribution is 5.94. The number of ether oxygens (including phenoxy) is 2. The summed E-state index contributed by atoms with van der Waals surface area (Å²) in [6, 6.07) is 16.4. The van der Waals surface area contributed by atoms with Crippen LogP contribution < -0.4 is 21.3 Å². The minimum atomic E-state index is -1.02. The van der Waals surface area contributed by atoms with E-state index in [1.807, 2.05) is 67.6 Å². The van der Waals surface area contributed by atoms with E-state index in [9.17, 15) is 24.0 Å². The molecule has 2 fully saturated rings. The van der Waals surface area contributed by atoms with Crippen LogP contribution in [0.25, 0.3) is 0 Å². The number of amides is 4. The third-order valence-electron chi connectivity index (χ3n) is 8.83. The van der Waals surface area contributed by atoms with Crippen molar-refractivity contribution in [1.29, 1.82) is 0 Å². The van der Waals surface area contributed by atoms with Crippen molar-refractivity contribution in [2.24, 2.45) is 5.92 Å². The van der Waals surface area contributed by atoms with Crippen LogP contribution in [0.15, 0.2) is 60.7 Å². The molecule has 12 heteroatoms. The van der Waals surface area contributed by atoms with Gasteiger partial charge in [0.15, 0.2) is 0 Å². The zero-order chi connectivity index (χ0) is 34.8. The predicted molar refractivity (Wildman–Crippen MR) is 180 cm³/mol. The van der Waals surface area contributed by atoms with Gasteiger partial charge in [0.05, 0.1) is 18.7 Å². The second-order valence-electron chi connectivity index (χ2n) is 13.4. The van der Waals surface area contributed by atoms with Gasteiger partial charge in [-0.05, 0) is 71.0 Å². The number of benzene rings is 2. The summed E-state index contributed by atoms with van der Waals surface area (Å²) < 4.78 is 10.7. The number of esters is 1. The van der Waals surface area contributed by atoms with Crippen LogP contribution >= 0.6 is 0 Å². The van der Waals surface area contributed by atoms with Crippen LogP contribution in [0.3, 0.4) is 0 Å². The molecule has 2 aromatic carbocycles. The summed E-state index contributed by atoms with van der Waals surface area (Å²) >= 11 is 0. The van der Waals surface area contributed by atoms with Gasteiger partial charge in [-0.2, -0.15) is 0 Å². The Labute approximate surface area is 282 Å². The van der Waals surface area contributed by atoms with Gasteiger partial charge in [0.25, 0.3) is 0 Å². The second-order valence-corrected chi connectivity index (χ2v) is 13.4. The largest absolute Gasteiger partial charge is 0.464 e. The molecule has 48 heavy (non-hydrogen) atoms. The fraction of sp³-hybridized carbons (Fsp3) is 0.528. The molecule has 2 aliphatic heterocycles. The standard InChI is InChI=1S/C36H49N5O7/c1-6-27(37-5)32(43)40-31-25(22-47-29(42)21-38-35(46)48-36(2,3)4)17-18-26-19-20-28(41(26)34(31)45)33(44)39-30(23-13-9-7-10-14-23)24-15-11-8-12-16-24/h7-16,25-28,30-31,37H,6,17-22H2,1-5H3,(H,38,46)(H,39,44)(H,40,43)/t25-,26+,27+,28+,31+/m1/s1. The average molecular weight is 664 g/mol. The maximum Gasteiger partial charge on any atom is 0.408 e. The molecule has 2 heterocycles. The first kappa shape index (κ1) is 36.4. The number of hydrogen-bond donors (Lipinski definition) is 4. The SMILES string of the molecule is CC[C@H](NC)C(=O)N[C@@H]1C(=O)N2[C@@H](CC[C@@H]1COC(=O)CNC(=O)OC(C)(C)C)CC[C@H]2C(=O)NC(c1ccccc1)c1ccccc1. The summed E-state index contributed by atoms with van der Waals surface area (Å²) in [6.07, 6.45) is 1.92. The van der Waals surface area contributed by atoms with Crippen molar-refractivity contribution in [2.45, 2.75) is 95.6 Å². The summed E-state index contributed by atoms with van der Waals surface area (Å²) in [5, 5.41) is 11.5. The van der Waals surface area contributed by atoms with E-state index in [1.165, 1.54) is 0 Å². The van der Waals surface area contributed by atoms with Crippen LogP contribution in [0.1, 0.15) is 77.0 Å². The Morgan fingerprint density at radius 3 is 2.08 bits per heavy atom. The fourth-order valence-corrected chi connectivity index (χ4v) is 6.42. The molecule has 260 valence electrons. The highest BCUT2D eigenvalue weighted by Gasteiger charge is 2.48. The van der Waals surface area contributed by atoms with E-state index in [2.05, 4.69) is 21.3 Å². The highest BCUT2D eigenvalue weighted by Crippen LogP contribution is 2.35. The Morgan fingerprint density at radius 2 is 1.52 bits per heavy atom. The van der Waals surface area contributed by atoms with Gasteiger partial charge in [0.1, 0.15) is 24.2 Å². The van der Waals surface area contributed by atoms with Crippen LogP contribution in [0.5, 0.6) is 0 Å². The van der Waals surface area contributed by atoms with Crippen LogP contribution in [0, 0.1) is 5.92 Å². The van der Waals surface area contributed by atoms with Gasteiger partial charge < -0.3 is 35.6 Å². The van der Waals surface area contributed by atoms with Crippen molar-refractivity contribution in [3.05, 3.63) is 71.8 Å². The summed E-state index contributed by atoms with van der Waals surface area (Å²) in [4.78, 5) is 67.9. The summed E-state index contributed by atoms with van der Waals surface area (Å²) in [6.45, 7) is 6.44. The lowest BCUT2D eigenvalue weighted by Gasteiger charge is -2.33. The number of hydrogen-bond acceptors (Lipinski definition) is 8. The molecule has 0 spiro atoms. The van der Waals surface area contributed by atoms with Crippen LogP contribution in [0.2, 0.25) is 0 Å². The van der Waals surface area contributed by atoms with Crippen LogP contribution in [-0.2, 0) is 28.7 Å². The van der Waals surface area contributed by atoms with Gasteiger partial charge >= 0.3 is 12.1 Å². The molecule has 2 aliphatic rings.